The number of thiazole rings is 1. The summed E-state index contributed by atoms with van der Waals surface area (Å²) in [5, 5.41) is 11.0. The van der Waals surface area contributed by atoms with Gasteiger partial charge in [-0.3, -0.25) is 0 Å². The molecule has 2 aliphatic rings. The number of hydrogen-bond acceptors (Lipinski definition) is 6. The van der Waals surface area contributed by atoms with Crippen LogP contribution in [-0.4, -0.2) is 30.4 Å². The highest BCUT2D eigenvalue weighted by molar-refractivity contribution is 7.09. The monoisotopic (exact) mass is 367 g/mol. The van der Waals surface area contributed by atoms with Crippen molar-refractivity contribution < 1.29 is 9.57 Å². The van der Waals surface area contributed by atoms with E-state index in [-0.39, 0.29) is 12.7 Å². The van der Waals surface area contributed by atoms with E-state index in [0.717, 1.165) is 48.6 Å². The van der Waals surface area contributed by atoms with Gasteiger partial charge in [0, 0.05) is 23.3 Å². The van der Waals surface area contributed by atoms with Crippen molar-refractivity contribution in [2.75, 3.05) is 19.7 Å². The molecule has 4 rings (SSSR count). The molecule has 0 amide bonds. The van der Waals surface area contributed by atoms with Crippen LogP contribution in [0.25, 0.3) is 0 Å². The lowest BCUT2D eigenvalue weighted by Gasteiger charge is -2.20. The molecule has 0 spiro atoms. The van der Waals surface area contributed by atoms with Crippen molar-refractivity contribution in [2.45, 2.75) is 31.3 Å². The first kappa shape index (κ1) is 17.1. The van der Waals surface area contributed by atoms with Crippen LogP contribution in [0.4, 0.5) is 0 Å². The maximum Gasteiger partial charge on any atom is 0.161 e. The van der Waals surface area contributed by atoms with E-state index in [2.05, 4.69) is 21.8 Å². The summed E-state index contributed by atoms with van der Waals surface area (Å²) < 4.78 is 5.64. The van der Waals surface area contributed by atoms with Gasteiger partial charge in [0.05, 0.1) is 10.7 Å². The second kappa shape index (κ2) is 7.90. The van der Waals surface area contributed by atoms with Gasteiger partial charge in [0.25, 0.3) is 0 Å². The Morgan fingerprint density at radius 3 is 3.00 bits per heavy atom. The molecule has 134 valence electrons. The van der Waals surface area contributed by atoms with Crippen molar-refractivity contribution >= 4 is 17.0 Å². The van der Waals surface area contributed by atoms with Crippen molar-refractivity contribution in [1.29, 1.82) is 0 Å². The molecule has 5 nitrogen and oxygen atoms in total. The fourth-order valence-electron chi connectivity index (χ4n) is 3.37. The summed E-state index contributed by atoms with van der Waals surface area (Å²) in [6, 6.07) is 7.80. The number of rotatable bonds is 5. The first-order valence-electron chi connectivity index (χ1n) is 8.89. The van der Waals surface area contributed by atoms with Crippen LogP contribution in [0.1, 0.15) is 47.5 Å². The van der Waals surface area contributed by atoms with E-state index in [1.165, 1.54) is 5.01 Å². The van der Waals surface area contributed by atoms with Gasteiger partial charge in [-0.2, -0.15) is 0 Å². The summed E-state index contributed by atoms with van der Waals surface area (Å²) in [7, 11) is 0. The normalized spacial score (nSPS) is 20.3. The zero-order valence-electron chi connectivity index (χ0n) is 14.5. The summed E-state index contributed by atoms with van der Waals surface area (Å²) in [6.45, 7) is 2.38. The van der Waals surface area contributed by atoms with Gasteiger partial charge in [0.15, 0.2) is 6.10 Å². The van der Waals surface area contributed by atoms with Crippen LogP contribution in [0.15, 0.2) is 34.8 Å². The molecule has 1 aromatic carbocycles. The van der Waals surface area contributed by atoms with Crippen LogP contribution in [0.3, 0.4) is 0 Å². The maximum absolute atomic E-state index is 5.69. The minimum Gasteiger partial charge on any atom is -0.481 e. The molecule has 0 bridgehead atoms. The molecule has 2 aliphatic heterocycles. The zero-order chi connectivity index (χ0) is 17.8. The highest BCUT2D eigenvalue weighted by Crippen LogP contribution is 2.36. The molecular weight excluding hydrogens is 346 g/mol. The Morgan fingerprint density at radius 2 is 2.15 bits per heavy atom. The Balaban J connectivity index is 1.46. The maximum atomic E-state index is 5.69. The van der Waals surface area contributed by atoms with Crippen molar-refractivity contribution in [3.63, 3.8) is 0 Å². The number of piperidine rings is 1. The molecule has 1 aromatic heterocycles. The Hall–Kier alpha value is -2.36. The standard InChI is InChI=1S/C20H21N3O2S/c1-2-11-24-18-6-4-3-5-15(18)19-12-16(23-25-19)17-13-26-20(22-17)14-7-9-21-10-8-14/h1,3-6,13-14,19,21H,7-12H2. The summed E-state index contributed by atoms with van der Waals surface area (Å²) in [6.07, 6.45) is 8.13. The molecule has 1 saturated heterocycles. The van der Waals surface area contributed by atoms with Crippen LogP contribution < -0.4 is 10.1 Å². The lowest BCUT2D eigenvalue weighted by Crippen LogP contribution is -2.26. The van der Waals surface area contributed by atoms with Gasteiger partial charge in [-0.25, -0.2) is 4.98 Å². The molecule has 0 saturated carbocycles. The molecule has 0 radical (unpaired) electrons. The van der Waals surface area contributed by atoms with Crippen molar-refractivity contribution in [2.24, 2.45) is 5.16 Å². The molecule has 26 heavy (non-hydrogen) atoms. The fourth-order valence-corrected chi connectivity index (χ4v) is 4.37. The molecular formula is C20H21N3O2S. The molecule has 6 heteroatoms. The summed E-state index contributed by atoms with van der Waals surface area (Å²) >= 11 is 1.73. The van der Waals surface area contributed by atoms with Gasteiger partial charge in [-0.05, 0) is 32.0 Å². The van der Waals surface area contributed by atoms with Crippen LogP contribution in [0.2, 0.25) is 0 Å². The summed E-state index contributed by atoms with van der Waals surface area (Å²) in [4.78, 5) is 10.5. The lowest BCUT2D eigenvalue weighted by atomic mass is 9.99. The Morgan fingerprint density at radius 1 is 1.31 bits per heavy atom. The average molecular weight is 367 g/mol. The third-order valence-electron chi connectivity index (χ3n) is 4.75. The molecule has 1 atom stereocenters. The van der Waals surface area contributed by atoms with Gasteiger partial charge < -0.3 is 14.9 Å². The Labute approximate surface area is 157 Å². The average Bonchev–Trinajstić information content (AvgIpc) is 3.37. The fraction of sp³-hybridized carbons (Fsp3) is 0.400. The van der Waals surface area contributed by atoms with Gasteiger partial charge in [-0.1, -0.05) is 29.3 Å². The Bertz CT molecular complexity index is 834. The topological polar surface area (TPSA) is 55.7 Å². The van der Waals surface area contributed by atoms with Crippen LogP contribution in [0.5, 0.6) is 5.75 Å². The summed E-state index contributed by atoms with van der Waals surface area (Å²) in [5.74, 6) is 3.81. The molecule has 1 fully saturated rings. The van der Waals surface area contributed by atoms with E-state index in [9.17, 15) is 0 Å². The van der Waals surface area contributed by atoms with E-state index in [4.69, 9.17) is 21.0 Å². The number of oxime groups is 1. The minimum absolute atomic E-state index is 0.164. The number of para-hydroxylation sites is 1. The number of hydrogen-bond donors (Lipinski definition) is 1. The second-order valence-corrected chi connectivity index (χ2v) is 7.35. The van der Waals surface area contributed by atoms with E-state index in [0.29, 0.717) is 12.3 Å². The smallest absolute Gasteiger partial charge is 0.161 e. The first-order chi connectivity index (χ1) is 12.8. The third-order valence-corrected chi connectivity index (χ3v) is 5.76. The van der Waals surface area contributed by atoms with Gasteiger partial charge in [0.1, 0.15) is 18.1 Å². The number of ether oxygens (including phenoxy) is 1. The SMILES string of the molecule is C#CCOc1ccccc1C1CC(c2csc(C3CCNCC3)n2)=NO1. The predicted molar refractivity (Wildman–Crippen MR) is 103 cm³/mol. The number of terminal acetylenes is 1. The quantitative estimate of drug-likeness (QED) is 0.822. The van der Waals surface area contributed by atoms with Crippen molar-refractivity contribution in [3.05, 3.63) is 45.9 Å². The second-order valence-electron chi connectivity index (χ2n) is 6.46. The van der Waals surface area contributed by atoms with Crippen LogP contribution in [0, 0.1) is 12.3 Å². The van der Waals surface area contributed by atoms with E-state index < -0.39 is 0 Å². The Kier molecular flexibility index (Phi) is 5.19. The van der Waals surface area contributed by atoms with Crippen LogP contribution >= 0.6 is 11.3 Å². The number of nitrogens with zero attached hydrogens (tertiary/aromatic N) is 2. The number of aromatic nitrogens is 1. The third kappa shape index (κ3) is 3.59. The van der Waals surface area contributed by atoms with Crippen LogP contribution in [-0.2, 0) is 4.84 Å². The van der Waals surface area contributed by atoms with Crippen molar-refractivity contribution in [3.8, 4) is 18.1 Å². The number of nitrogens with one attached hydrogen (secondary N) is 1. The molecule has 1 N–H and O–H groups in total. The van der Waals surface area contributed by atoms with E-state index in [1.807, 2.05) is 24.3 Å². The van der Waals surface area contributed by atoms with Gasteiger partial charge in [0.2, 0.25) is 0 Å². The molecule has 2 aromatic rings. The minimum atomic E-state index is -0.164. The predicted octanol–water partition coefficient (Wildman–Crippen LogP) is 3.49. The van der Waals surface area contributed by atoms with Gasteiger partial charge in [-0.15, -0.1) is 17.8 Å². The molecule has 3 heterocycles. The molecule has 0 aliphatic carbocycles. The highest BCUT2D eigenvalue weighted by atomic mass is 32.1. The zero-order valence-corrected chi connectivity index (χ0v) is 15.3. The summed E-state index contributed by atoms with van der Waals surface area (Å²) in [5.41, 5.74) is 2.81. The van der Waals surface area contributed by atoms with E-state index >= 15 is 0 Å². The lowest BCUT2D eigenvalue weighted by molar-refractivity contribution is 0.0834. The van der Waals surface area contributed by atoms with Gasteiger partial charge >= 0.3 is 0 Å². The molecule has 1 unspecified atom stereocenters. The number of benzene rings is 1. The van der Waals surface area contributed by atoms with E-state index in [1.54, 1.807) is 11.3 Å². The largest absolute Gasteiger partial charge is 0.481 e. The first-order valence-corrected chi connectivity index (χ1v) is 9.77. The van der Waals surface area contributed by atoms with Crippen molar-refractivity contribution in [1.82, 2.24) is 10.3 Å². The highest BCUT2D eigenvalue weighted by Gasteiger charge is 2.28.